The molecule has 0 aliphatic carbocycles. The lowest BCUT2D eigenvalue weighted by atomic mass is 10.0. The normalized spacial score (nSPS) is 13.2. The Kier molecular flexibility index (Phi) is 9.49. The average Bonchev–Trinajstić information content (AvgIpc) is 2.51. The molecule has 0 spiro atoms. The van der Waals surface area contributed by atoms with Crippen molar-refractivity contribution in [1.82, 2.24) is 0 Å². The van der Waals surface area contributed by atoms with Crippen LogP contribution in [0.1, 0.15) is 88.0 Å². The topological polar surface area (TPSA) is 54.4 Å². The van der Waals surface area contributed by atoms with E-state index in [2.05, 4.69) is 6.92 Å². The predicted molar refractivity (Wildman–Crippen MR) is 97.3 cm³/mol. The standard InChI is InChI=1S/C19H32O3S/c1-3-5-6-7-8-9-10-13-17-14-11-15-18(16-17)19(12-4-2)23(20,21)22/h11,14-16,19H,3-10,12-13H2,1-2H3,(H,20,21,22). The highest BCUT2D eigenvalue weighted by Gasteiger charge is 2.24. The third-order valence-electron chi connectivity index (χ3n) is 4.30. The number of benzene rings is 1. The van der Waals surface area contributed by atoms with Crippen LogP contribution >= 0.6 is 0 Å². The van der Waals surface area contributed by atoms with E-state index in [1.54, 1.807) is 0 Å². The second-order valence-electron chi connectivity index (χ2n) is 6.41. The van der Waals surface area contributed by atoms with Gasteiger partial charge in [0.05, 0.1) is 0 Å². The zero-order valence-electron chi connectivity index (χ0n) is 14.6. The van der Waals surface area contributed by atoms with Gasteiger partial charge in [-0.2, -0.15) is 8.42 Å². The minimum Gasteiger partial charge on any atom is -0.285 e. The first-order chi connectivity index (χ1) is 11.0. The minimum absolute atomic E-state index is 0.458. The Morgan fingerprint density at radius 1 is 0.957 bits per heavy atom. The molecular weight excluding hydrogens is 308 g/mol. The fourth-order valence-electron chi connectivity index (χ4n) is 2.98. The van der Waals surface area contributed by atoms with Gasteiger partial charge in [0.25, 0.3) is 10.1 Å². The van der Waals surface area contributed by atoms with Crippen LogP contribution in [0, 0.1) is 0 Å². The van der Waals surface area contributed by atoms with Crippen LogP contribution in [-0.2, 0) is 16.5 Å². The van der Waals surface area contributed by atoms with E-state index in [0.717, 1.165) is 24.8 Å². The van der Waals surface area contributed by atoms with Crippen LogP contribution in [0.25, 0.3) is 0 Å². The average molecular weight is 341 g/mol. The van der Waals surface area contributed by atoms with E-state index in [-0.39, 0.29) is 0 Å². The van der Waals surface area contributed by atoms with Crippen LogP contribution in [0.15, 0.2) is 24.3 Å². The van der Waals surface area contributed by atoms with E-state index in [4.69, 9.17) is 0 Å². The summed E-state index contributed by atoms with van der Waals surface area (Å²) in [6, 6.07) is 7.71. The number of hydrogen-bond acceptors (Lipinski definition) is 2. The van der Waals surface area contributed by atoms with Crippen molar-refractivity contribution in [1.29, 1.82) is 0 Å². The van der Waals surface area contributed by atoms with Gasteiger partial charge >= 0.3 is 0 Å². The van der Waals surface area contributed by atoms with Gasteiger partial charge in [0, 0.05) is 0 Å². The summed E-state index contributed by atoms with van der Waals surface area (Å²) in [6.07, 6.45) is 11.1. The summed E-state index contributed by atoms with van der Waals surface area (Å²) in [5, 5.41) is -0.790. The molecule has 3 nitrogen and oxygen atoms in total. The lowest BCUT2D eigenvalue weighted by molar-refractivity contribution is 0.463. The Morgan fingerprint density at radius 3 is 2.22 bits per heavy atom. The van der Waals surface area contributed by atoms with Gasteiger partial charge in [0.15, 0.2) is 0 Å². The third-order valence-corrected chi connectivity index (χ3v) is 5.53. The van der Waals surface area contributed by atoms with Crippen LogP contribution in [0.3, 0.4) is 0 Å². The smallest absolute Gasteiger partial charge is 0.271 e. The summed E-state index contributed by atoms with van der Waals surface area (Å²) in [6.45, 7) is 4.16. The van der Waals surface area contributed by atoms with Crippen molar-refractivity contribution >= 4 is 10.1 Å². The molecule has 0 bridgehead atoms. The van der Waals surface area contributed by atoms with Crippen molar-refractivity contribution in [3.8, 4) is 0 Å². The predicted octanol–water partition coefficient (Wildman–Crippen LogP) is 5.71. The molecule has 0 aromatic heterocycles. The molecule has 4 heteroatoms. The van der Waals surface area contributed by atoms with Gasteiger partial charge in [-0.15, -0.1) is 0 Å². The van der Waals surface area contributed by atoms with Gasteiger partial charge in [-0.1, -0.05) is 83.1 Å². The molecule has 23 heavy (non-hydrogen) atoms. The highest BCUT2D eigenvalue weighted by molar-refractivity contribution is 7.86. The van der Waals surface area contributed by atoms with Crippen LogP contribution < -0.4 is 0 Å². The summed E-state index contributed by atoms with van der Waals surface area (Å²) in [5.41, 5.74) is 1.88. The van der Waals surface area contributed by atoms with E-state index in [0.29, 0.717) is 6.42 Å². The molecular formula is C19H32O3S. The van der Waals surface area contributed by atoms with Crippen molar-refractivity contribution in [3.05, 3.63) is 35.4 Å². The second-order valence-corrected chi connectivity index (χ2v) is 8.01. The van der Waals surface area contributed by atoms with Crippen molar-refractivity contribution < 1.29 is 13.0 Å². The summed E-state index contributed by atoms with van der Waals surface area (Å²) in [5.74, 6) is 0. The molecule has 0 aliphatic heterocycles. The Labute approximate surface area is 142 Å². The molecule has 0 radical (unpaired) electrons. The largest absolute Gasteiger partial charge is 0.285 e. The van der Waals surface area contributed by atoms with Crippen molar-refractivity contribution in [3.63, 3.8) is 0 Å². The Balaban J connectivity index is 2.52. The van der Waals surface area contributed by atoms with E-state index in [9.17, 15) is 13.0 Å². The highest BCUT2D eigenvalue weighted by atomic mass is 32.2. The van der Waals surface area contributed by atoms with E-state index in [1.807, 2.05) is 31.2 Å². The highest BCUT2D eigenvalue weighted by Crippen LogP contribution is 2.27. The first-order valence-electron chi connectivity index (χ1n) is 9.04. The van der Waals surface area contributed by atoms with Crippen LogP contribution in [0.2, 0.25) is 0 Å². The van der Waals surface area contributed by atoms with E-state index < -0.39 is 15.4 Å². The van der Waals surface area contributed by atoms with Gasteiger partial charge in [-0.25, -0.2) is 0 Å². The van der Waals surface area contributed by atoms with Gasteiger partial charge in [-0.05, 0) is 30.4 Å². The SMILES string of the molecule is CCCCCCCCCc1cccc(C(CCC)S(=O)(=O)O)c1. The molecule has 1 atom stereocenters. The maximum absolute atomic E-state index is 11.6. The molecule has 0 fully saturated rings. The number of unbranched alkanes of at least 4 members (excludes halogenated alkanes) is 6. The maximum Gasteiger partial charge on any atom is 0.271 e. The Morgan fingerprint density at radius 2 is 1.61 bits per heavy atom. The molecule has 1 rings (SSSR count). The summed E-state index contributed by atoms with van der Waals surface area (Å²) in [4.78, 5) is 0. The van der Waals surface area contributed by atoms with Gasteiger partial charge in [-0.3, -0.25) is 4.55 Å². The van der Waals surface area contributed by atoms with Crippen molar-refractivity contribution in [2.45, 2.75) is 83.3 Å². The molecule has 132 valence electrons. The fraction of sp³-hybridized carbons (Fsp3) is 0.684. The molecule has 1 N–H and O–H groups in total. The van der Waals surface area contributed by atoms with Crippen LogP contribution in [0.4, 0.5) is 0 Å². The first kappa shape index (κ1) is 20.2. The zero-order valence-corrected chi connectivity index (χ0v) is 15.4. The Hall–Kier alpha value is -0.870. The zero-order chi connectivity index (χ0) is 17.1. The molecule has 1 unspecified atom stereocenters. The maximum atomic E-state index is 11.6. The molecule has 1 aromatic rings. The quantitative estimate of drug-likeness (QED) is 0.392. The monoisotopic (exact) mass is 340 g/mol. The summed E-state index contributed by atoms with van der Waals surface area (Å²) >= 11 is 0. The van der Waals surface area contributed by atoms with Crippen LogP contribution in [0.5, 0.6) is 0 Å². The molecule has 1 aromatic carbocycles. The number of hydrogen-bond donors (Lipinski definition) is 1. The lowest BCUT2D eigenvalue weighted by Crippen LogP contribution is -2.12. The fourth-order valence-corrected chi connectivity index (χ4v) is 4.01. The molecule has 0 saturated carbocycles. The number of rotatable bonds is 12. The van der Waals surface area contributed by atoms with Gasteiger partial charge in [0.2, 0.25) is 0 Å². The summed E-state index contributed by atoms with van der Waals surface area (Å²) in [7, 11) is -4.03. The summed E-state index contributed by atoms with van der Waals surface area (Å²) < 4.78 is 32.6. The van der Waals surface area contributed by atoms with Crippen LogP contribution in [-0.4, -0.2) is 13.0 Å². The first-order valence-corrected chi connectivity index (χ1v) is 10.5. The van der Waals surface area contributed by atoms with Crippen molar-refractivity contribution in [2.24, 2.45) is 0 Å². The van der Waals surface area contributed by atoms with E-state index in [1.165, 1.54) is 44.1 Å². The third kappa shape index (κ3) is 7.98. The molecule has 0 saturated heterocycles. The molecule has 0 heterocycles. The minimum atomic E-state index is -4.03. The van der Waals surface area contributed by atoms with Crippen molar-refractivity contribution in [2.75, 3.05) is 0 Å². The lowest BCUT2D eigenvalue weighted by Gasteiger charge is -2.14. The molecule has 0 aliphatic rings. The molecule has 0 amide bonds. The number of aryl methyl sites for hydroxylation is 1. The second kappa shape index (κ2) is 10.8. The van der Waals surface area contributed by atoms with E-state index >= 15 is 0 Å². The van der Waals surface area contributed by atoms with Gasteiger partial charge in [0.1, 0.15) is 5.25 Å². The van der Waals surface area contributed by atoms with Gasteiger partial charge < -0.3 is 0 Å². The Bertz CT molecular complexity index is 537.